The van der Waals surface area contributed by atoms with Crippen LogP contribution in [-0.4, -0.2) is 42.1 Å². The average Bonchev–Trinajstić information content (AvgIpc) is 3.21. The van der Waals surface area contributed by atoms with Crippen LogP contribution in [0, 0.1) is 0 Å². The van der Waals surface area contributed by atoms with Gasteiger partial charge in [-0.3, -0.25) is 4.79 Å². The molecular formula is C24H26N2O3. The van der Waals surface area contributed by atoms with Crippen LogP contribution in [0.4, 0.5) is 0 Å². The van der Waals surface area contributed by atoms with Gasteiger partial charge in [0.05, 0.1) is 6.61 Å². The van der Waals surface area contributed by atoms with Gasteiger partial charge in [-0.05, 0) is 48.7 Å². The Morgan fingerprint density at radius 2 is 1.83 bits per heavy atom. The third-order valence-corrected chi connectivity index (χ3v) is 5.16. The van der Waals surface area contributed by atoms with Crippen LogP contribution in [0.1, 0.15) is 25.3 Å². The summed E-state index contributed by atoms with van der Waals surface area (Å²) in [5.41, 5.74) is 3.66. The smallest absolute Gasteiger partial charge is 0.260 e. The molecule has 0 spiro atoms. The minimum Gasteiger partial charge on any atom is -0.494 e. The Kier molecular flexibility index (Phi) is 5.84. The van der Waals surface area contributed by atoms with Crippen molar-refractivity contribution in [3.63, 3.8) is 0 Å². The van der Waals surface area contributed by atoms with Gasteiger partial charge in [0.15, 0.2) is 6.61 Å². The second kappa shape index (κ2) is 8.86. The Morgan fingerprint density at radius 1 is 1.07 bits per heavy atom. The van der Waals surface area contributed by atoms with Crippen molar-refractivity contribution in [2.45, 2.75) is 19.8 Å². The highest BCUT2D eigenvalue weighted by atomic mass is 16.5. The van der Waals surface area contributed by atoms with Gasteiger partial charge in [0, 0.05) is 35.8 Å². The van der Waals surface area contributed by atoms with E-state index in [0.29, 0.717) is 25.4 Å². The van der Waals surface area contributed by atoms with Crippen molar-refractivity contribution >= 4 is 22.4 Å². The van der Waals surface area contributed by atoms with E-state index in [1.54, 1.807) is 0 Å². The minimum atomic E-state index is 0.00513. The van der Waals surface area contributed by atoms with Gasteiger partial charge in [-0.15, -0.1) is 0 Å². The summed E-state index contributed by atoms with van der Waals surface area (Å²) in [4.78, 5) is 17.7. The largest absolute Gasteiger partial charge is 0.494 e. The lowest BCUT2D eigenvalue weighted by molar-refractivity contribution is -0.132. The molecule has 0 saturated heterocycles. The standard InChI is InChI=1S/C24H26N2O3/c1-2-15-28-19-7-9-20(10-8-19)29-17-24(27)26-13-11-18(12-14-26)22-16-25-23-6-4-3-5-21(22)23/h3-11,16,25H,2,12-15,17H2,1H3. The van der Waals surface area contributed by atoms with Crippen molar-refractivity contribution < 1.29 is 14.3 Å². The highest BCUT2D eigenvalue weighted by Crippen LogP contribution is 2.29. The number of ether oxygens (including phenoxy) is 2. The first kappa shape index (κ1) is 19.1. The van der Waals surface area contributed by atoms with E-state index < -0.39 is 0 Å². The number of benzene rings is 2. The Hall–Kier alpha value is -3.21. The van der Waals surface area contributed by atoms with Gasteiger partial charge in [-0.1, -0.05) is 31.2 Å². The van der Waals surface area contributed by atoms with Gasteiger partial charge in [-0.2, -0.15) is 0 Å². The number of hydrogen-bond donors (Lipinski definition) is 1. The summed E-state index contributed by atoms with van der Waals surface area (Å²) in [5, 5.41) is 1.23. The molecule has 1 aliphatic heterocycles. The van der Waals surface area contributed by atoms with Crippen molar-refractivity contribution in [1.29, 1.82) is 0 Å². The van der Waals surface area contributed by atoms with Gasteiger partial charge in [-0.25, -0.2) is 0 Å². The lowest BCUT2D eigenvalue weighted by Crippen LogP contribution is -2.37. The number of nitrogens with zero attached hydrogens (tertiary/aromatic N) is 1. The highest BCUT2D eigenvalue weighted by molar-refractivity contribution is 5.93. The molecule has 2 heterocycles. The van der Waals surface area contributed by atoms with Crippen LogP contribution < -0.4 is 9.47 Å². The molecule has 3 aromatic rings. The first-order chi connectivity index (χ1) is 14.2. The van der Waals surface area contributed by atoms with E-state index in [1.807, 2.05) is 35.2 Å². The van der Waals surface area contributed by atoms with Crippen molar-refractivity contribution in [1.82, 2.24) is 9.88 Å². The average molecular weight is 390 g/mol. The zero-order chi connectivity index (χ0) is 20.1. The van der Waals surface area contributed by atoms with Gasteiger partial charge in [0.1, 0.15) is 11.5 Å². The lowest BCUT2D eigenvalue weighted by atomic mass is 9.99. The summed E-state index contributed by atoms with van der Waals surface area (Å²) in [7, 11) is 0. The first-order valence-electron chi connectivity index (χ1n) is 10.1. The van der Waals surface area contributed by atoms with Crippen molar-refractivity contribution in [2.24, 2.45) is 0 Å². The molecule has 1 N–H and O–H groups in total. The van der Waals surface area contributed by atoms with Crippen LogP contribution in [0.2, 0.25) is 0 Å². The number of nitrogens with one attached hydrogen (secondary N) is 1. The minimum absolute atomic E-state index is 0.00513. The maximum Gasteiger partial charge on any atom is 0.260 e. The van der Waals surface area contributed by atoms with E-state index in [4.69, 9.17) is 9.47 Å². The van der Waals surface area contributed by atoms with Crippen LogP contribution in [0.3, 0.4) is 0 Å². The predicted octanol–water partition coefficient (Wildman–Crippen LogP) is 4.65. The number of amides is 1. The van der Waals surface area contributed by atoms with Gasteiger partial charge < -0.3 is 19.4 Å². The summed E-state index contributed by atoms with van der Waals surface area (Å²) >= 11 is 0. The van der Waals surface area contributed by atoms with Crippen LogP contribution >= 0.6 is 0 Å². The molecule has 0 aliphatic carbocycles. The van der Waals surface area contributed by atoms with Crippen LogP contribution in [0.15, 0.2) is 60.8 Å². The lowest BCUT2D eigenvalue weighted by Gasteiger charge is -2.26. The van der Waals surface area contributed by atoms with E-state index in [0.717, 1.165) is 24.1 Å². The quantitative estimate of drug-likeness (QED) is 0.639. The second-order valence-electron chi connectivity index (χ2n) is 7.18. The number of aromatic amines is 1. The molecule has 2 aromatic carbocycles. The zero-order valence-electron chi connectivity index (χ0n) is 16.7. The SMILES string of the molecule is CCCOc1ccc(OCC(=O)N2CC=C(c3c[nH]c4ccccc34)CC2)cc1. The van der Waals surface area contributed by atoms with Gasteiger partial charge >= 0.3 is 0 Å². The first-order valence-corrected chi connectivity index (χ1v) is 10.1. The summed E-state index contributed by atoms with van der Waals surface area (Å²) in [6, 6.07) is 15.7. The summed E-state index contributed by atoms with van der Waals surface area (Å²) in [5.74, 6) is 1.50. The van der Waals surface area contributed by atoms with E-state index in [-0.39, 0.29) is 12.5 Å². The molecule has 0 unspecified atom stereocenters. The third kappa shape index (κ3) is 4.45. The Balaban J connectivity index is 1.32. The Morgan fingerprint density at radius 3 is 2.55 bits per heavy atom. The number of H-pyrrole nitrogens is 1. The van der Waals surface area contributed by atoms with Crippen LogP contribution in [0.25, 0.3) is 16.5 Å². The summed E-state index contributed by atoms with van der Waals surface area (Å²) in [6.45, 7) is 4.13. The fourth-order valence-corrected chi connectivity index (χ4v) is 3.57. The number of hydrogen-bond acceptors (Lipinski definition) is 3. The molecular weight excluding hydrogens is 364 g/mol. The Labute approximate surface area is 170 Å². The van der Waals surface area contributed by atoms with Crippen molar-refractivity contribution in [3.8, 4) is 11.5 Å². The molecule has 0 fully saturated rings. The monoisotopic (exact) mass is 390 g/mol. The summed E-state index contributed by atoms with van der Waals surface area (Å²) < 4.78 is 11.2. The molecule has 4 rings (SSSR count). The molecule has 29 heavy (non-hydrogen) atoms. The fourth-order valence-electron chi connectivity index (χ4n) is 3.57. The highest BCUT2D eigenvalue weighted by Gasteiger charge is 2.19. The van der Waals surface area contributed by atoms with E-state index in [1.165, 1.54) is 16.5 Å². The Bertz CT molecular complexity index is 1000. The molecule has 1 aliphatic rings. The molecule has 1 aromatic heterocycles. The number of rotatable bonds is 7. The van der Waals surface area contributed by atoms with E-state index in [9.17, 15) is 4.79 Å². The van der Waals surface area contributed by atoms with Crippen molar-refractivity contribution in [2.75, 3.05) is 26.3 Å². The predicted molar refractivity (Wildman–Crippen MR) is 115 cm³/mol. The third-order valence-electron chi connectivity index (χ3n) is 5.16. The molecule has 5 nitrogen and oxygen atoms in total. The van der Waals surface area contributed by atoms with Crippen molar-refractivity contribution in [3.05, 3.63) is 66.4 Å². The normalized spacial score (nSPS) is 14.0. The number of fused-ring (bicyclic) bond motifs is 1. The maximum atomic E-state index is 12.5. The molecule has 0 atom stereocenters. The summed E-state index contributed by atoms with van der Waals surface area (Å²) in [6.07, 6.45) is 6.03. The molecule has 0 bridgehead atoms. The van der Waals surface area contributed by atoms with Gasteiger partial charge in [0.25, 0.3) is 5.91 Å². The number of carbonyl (C=O) groups excluding carboxylic acids is 1. The maximum absolute atomic E-state index is 12.5. The topological polar surface area (TPSA) is 54.6 Å². The molecule has 150 valence electrons. The second-order valence-corrected chi connectivity index (χ2v) is 7.18. The molecule has 0 saturated carbocycles. The van der Waals surface area contributed by atoms with E-state index in [2.05, 4.69) is 42.4 Å². The number of para-hydroxylation sites is 1. The molecule has 5 heteroatoms. The molecule has 1 amide bonds. The van der Waals surface area contributed by atoms with Crippen LogP contribution in [0.5, 0.6) is 11.5 Å². The zero-order valence-corrected chi connectivity index (χ0v) is 16.7. The van der Waals surface area contributed by atoms with Gasteiger partial charge in [0.2, 0.25) is 0 Å². The molecule has 0 radical (unpaired) electrons. The number of aromatic nitrogens is 1. The number of carbonyl (C=O) groups is 1. The van der Waals surface area contributed by atoms with Crippen LogP contribution in [-0.2, 0) is 4.79 Å². The van der Waals surface area contributed by atoms with E-state index >= 15 is 0 Å². The fraction of sp³-hybridized carbons (Fsp3) is 0.292.